The van der Waals surface area contributed by atoms with Crippen molar-refractivity contribution in [1.29, 1.82) is 0 Å². The summed E-state index contributed by atoms with van der Waals surface area (Å²) >= 11 is 0. The third kappa shape index (κ3) is 7.36. The number of carbonyl (C=O) groups is 2. The van der Waals surface area contributed by atoms with Gasteiger partial charge in [-0.05, 0) is 50.4 Å². The monoisotopic (exact) mass is 326 g/mol. The van der Waals surface area contributed by atoms with Gasteiger partial charge in [-0.15, -0.1) is 0 Å². The molecule has 0 rings (SSSR count). The second-order valence-corrected chi connectivity index (χ2v) is 8.14. The molecular weight excluding hydrogens is 288 g/mol. The van der Waals surface area contributed by atoms with Crippen LogP contribution in [-0.2, 0) is 9.59 Å². The molecule has 0 aliphatic carbocycles. The van der Waals surface area contributed by atoms with Crippen LogP contribution in [0.3, 0.4) is 0 Å². The molecule has 136 valence electrons. The van der Waals surface area contributed by atoms with Gasteiger partial charge in [0.1, 0.15) is 0 Å². The summed E-state index contributed by atoms with van der Waals surface area (Å²) in [7, 11) is 0. The van der Waals surface area contributed by atoms with Gasteiger partial charge in [-0.3, -0.25) is 9.59 Å². The summed E-state index contributed by atoms with van der Waals surface area (Å²) in [5.41, 5.74) is 5.55. The van der Waals surface area contributed by atoms with Crippen LogP contribution in [0.25, 0.3) is 0 Å². The van der Waals surface area contributed by atoms with E-state index in [4.69, 9.17) is 5.73 Å². The van der Waals surface area contributed by atoms with Crippen LogP contribution in [-0.4, -0.2) is 17.9 Å². The van der Waals surface area contributed by atoms with Gasteiger partial charge < -0.3 is 11.1 Å². The van der Waals surface area contributed by atoms with Gasteiger partial charge in [-0.1, -0.05) is 41.5 Å². The average molecular weight is 327 g/mol. The van der Waals surface area contributed by atoms with Gasteiger partial charge in [-0.2, -0.15) is 0 Å². The Morgan fingerprint density at radius 3 is 1.48 bits per heavy atom. The molecule has 0 aromatic carbocycles. The van der Waals surface area contributed by atoms with Crippen LogP contribution in [0.15, 0.2) is 0 Å². The van der Waals surface area contributed by atoms with Crippen LogP contribution in [0.2, 0.25) is 0 Å². The quantitative estimate of drug-likeness (QED) is 0.644. The van der Waals surface area contributed by atoms with E-state index < -0.39 is 0 Å². The zero-order chi connectivity index (χ0) is 18.3. The van der Waals surface area contributed by atoms with E-state index in [1.54, 1.807) is 0 Å². The largest absolute Gasteiger partial charge is 0.369 e. The summed E-state index contributed by atoms with van der Waals surface area (Å²) in [6.07, 6.45) is 1.86. The Morgan fingerprint density at radius 2 is 1.17 bits per heavy atom. The van der Waals surface area contributed by atoms with Crippen molar-refractivity contribution >= 4 is 11.8 Å². The number of nitrogens with two attached hydrogens (primary N) is 1. The predicted octanol–water partition coefficient (Wildman–Crippen LogP) is 3.59. The highest BCUT2D eigenvalue weighted by Crippen LogP contribution is 2.30. The molecule has 0 radical (unpaired) electrons. The summed E-state index contributed by atoms with van der Waals surface area (Å²) in [5, 5.41) is 3.04. The lowest BCUT2D eigenvalue weighted by Gasteiger charge is -2.30. The summed E-state index contributed by atoms with van der Waals surface area (Å²) in [5.74, 6) is 0.940. The first-order chi connectivity index (χ1) is 10.5. The topological polar surface area (TPSA) is 72.2 Å². The Morgan fingerprint density at radius 1 is 0.783 bits per heavy atom. The van der Waals surface area contributed by atoms with E-state index in [9.17, 15) is 9.59 Å². The van der Waals surface area contributed by atoms with E-state index in [-0.39, 0.29) is 47.4 Å². The third-order valence-electron chi connectivity index (χ3n) is 4.80. The zero-order valence-corrected chi connectivity index (χ0v) is 16.3. The zero-order valence-electron chi connectivity index (χ0n) is 16.3. The minimum Gasteiger partial charge on any atom is -0.369 e. The molecule has 0 saturated heterocycles. The van der Waals surface area contributed by atoms with Gasteiger partial charge in [0.2, 0.25) is 11.8 Å². The van der Waals surface area contributed by atoms with E-state index in [2.05, 4.69) is 33.0 Å². The normalized spacial score (nSPS) is 17.2. The second-order valence-electron chi connectivity index (χ2n) is 8.14. The molecule has 0 aliphatic rings. The SMILES string of the molecule is CC(C)NC(=O)C(C(C)C)C(C)CCC(C)C(C(N)=O)C(C)C. The number of hydrogen-bond donors (Lipinski definition) is 2. The molecule has 0 aromatic heterocycles. The van der Waals surface area contributed by atoms with Gasteiger partial charge in [0.05, 0.1) is 0 Å². The number of rotatable bonds is 10. The van der Waals surface area contributed by atoms with E-state index in [0.717, 1.165) is 12.8 Å². The van der Waals surface area contributed by atoms with E-state index in [1.165, 1.54) is 0 Å². The van der Waals surface area contributed by atoms with Crippen LogP contribution in [0.1, 0.15) is 68.2 Å². The molecular formula is C19H38N2O2. The molecule has 4 unspecified atom stereocenters. The van der Waals surface area contributed by atoms with Crippen molar-refractivity contribution in [3.05, 3.63) is 0 Å². The Bertz CT molecular complexity index is 378. The summed E-state index contributed by atoms with van der Waals surface area (Å²) in [6, 6.07) is 0.162. The van der Waals surface area contributed by atoms with Crippen molar-refractivity contribution in [3.63, 3.8) is 0 Å². The number of amides is 2. The summed E-state index contributed by atoms with van der Waals surface area (Å²) < 4.78 is 0. The van der Waals surface area contributed by atoms with Crippen molar-refractivity contribution < 1.29 is 9.59 Å². The Kier molecular flexibility index (Phi) is 9.48. The standard InChI is InChI=1S/C19H38N2O2/c1-11(2)16(18(20)22)14(7)9-10-15(8)17(12(3)4)19(23)21-13(5)6/h11-17H,9-10H2,1-8H3,(H2,20,22)(H,21,23). The Hall–Kier alpha value is -1.06. The van der Waals surface area contributed by atoms with Crippen LogP contribution < -0.4 is 11.1 Å². The van der Waals surface area contributed by atoms with Crippen molar-refractivity contribution in [2.24, 2.45) is 41.2 Å². The average Bonchev–Trinajstić information content (AvgIpc) is 2.33. The summed E-state index contributed by atoms with van der Waals surface area (Å²) in [4.78, 5) is 24.1. The van der Waals surface area contributed by atoms with Gasteiger partial charge in [0.15, 0.2) is 0 Å². The van der Waals surface area contributed by atoms with Gasteiger partial charge in [-0.25, -0.2) is 0 Å². The minimum atomic E-state index is -0.210. The second kappa shape index (κ2) is 9.94. The van der Waals surface area contributed by atoms with Crippen LogP contribution >= 0.6 is 0 Å². The van der Waals surface area contributed by atoms with Crippen molar-refractivity contribution in [2.75, 3.05) is 0 Å². The van der Waals surface area contributed by atoms with Crippen molar-refractivity contribution in [2.45, 2.75) is 74.3 Å². The van der Waals surface area contributed by atoms with Gasteiger partial charge in [0, 0.05) is 17.9 Å². The fourth-order valence-electron chi connectivity index (χ4n) is 3.75. The molecule has 23 heavy (non-hydrogen) atoms. The first-order valence-electron chi connectivity index (χ1n) is 9.08. The molecule has 0 fully saturated rings. The molecule has 0 heterocycles. The molecule has 4 heteroatoms. The first kappa shape index (κ1) is 21.9. The fraction of sp³-hybridized carbons (Fsp3) is 0.895. The molecule has 2 amide bonds. The lowest BCUT2D eigenvalue weighted by Crippen LogP contribution is -2.40. The number of hydrogen-bond acceptors (Lipinski definition) is 2. The molecule has 4 atom stereocenters. The molecule has 0 aromatic rings. The predicted molar refractivity (Wildman–Crippen MR) is 96.7 cm³/mol. The highest BCUT2D eigenvalue weighted by Gasteiger charge is 2.31. The summed E-state index contributed by atoms with van der Waals surface area (Å²) in [6.45, 7) is 16.5. The van der Waals surface area contributed by atoms with E-state index in [1.807, 2.05) is 27.7 Å². The smallest absolute Gasteiger partial charge is 0.223 e. The lowest BCUT2D eigenvalue weighted by molar-refractivity contribution is -0.129. The first-order valence-corrected chi connectivity index (χ1v) is 9.08. The van der Waals surface area contributed by atoms with Crippen molar-refractivity contribution in [1.82, 2.24) is 5.32 Å². The maximum Gasteiger partial charge on any atom is 0.223 e. The Balaban J connectivity index is 4.78. The number of nitrogens with one attached hydrogen (secondary N) is 1. The molecule has 0 saturated carbocycles. The molecule has 3 N–H and O–H groups in total. The maximum atomic E-state index is 12.4. The van der Waals surface area contributed by atoms with Crippen LogP contribution in [0.4, 0.5) is 0 Å². The highest BCUT2D eigenvalue weighted by molar-refractivity contribution is 5.79. The lowest BCUT2D eigenvalue weighted by atomic mass is 9.76. The third-order valence-corrected chi connectivity index (χ3v) is 4.80. The van der Waals surface area contributed by atoms with Crippen LogP contribution in [0, 0.1) is 35.5 Å². The molecule has 0 spiro atoms. The van der Waals surface area contributed by atoms with Gasteiger partial charge in [0.25, 0.3) is 0 Å². The van der Waals surface area contributed by atoms with Crippen LogP contribution in [0.5, 0.6) is 0 Å². The van der Waals surface area contributed by atoms with Crippen molar-refractivity contribution in [3.8, 4) is 0 Å². The minimum absolute atomic E-state index is 0.00989. The number of primary amides is 1. The molecule has 4 nitrogen and oxygen atoms in total. The fourth-order valence-corrected chi connectivity index (χ4v) is 3.75. The van der Waals surface area contributed by atoms with E-state index >= 15 is 0 Å². The Labute approximate surface area is 143 Å². The molecule has 0 aliphatic heterocycles. The van der Waals surface area contributed by atoms with E-state index in [0.29, 0.717) is 5.92 Å². The highest BCUT2D eigenvalue weighted by atomic mass is 16.2. The maximum absolute atomic E-state index is 12.4. The number of carbonyl (C=O) groups excluding carboxylic acids is 2. The molecule has 0 bridgehead atoms. The van der Waals surface area contributed by atoms with Gasteiger partial charge >= 0.3 is 0 Å².